The highest BCUT2D eigenvalue weighted by molar-refractivity contribution is 7.89. The predicted molar refractivity (Wildman–Crippen MR) is 98.0 cm³/mol. The summed E-state index contributed by atoms with van der Waals surface area (Å²) in [6.45, 7) is 5.03. The van der Waals surface area contributed by atoms with Gasteiger partial charge in [-0.3, -0.25) is 4.79 Å². The fourth-order valence-corrected chi connectivity index (χ4v) is 4.03. The number of ether oxygens (including phenoxy) is 1. The molecule has 1 amide bonds. The van der Waals surface area contributed by atoms with Gasteiger partial charge < -0.3 is 15.4 Å². The van der Waals surface area contributed by atoms with Crippen molar-refractivity contribution in [3.05, 3.63) is 29.3 Å². The van der Waals surface area contributed by atoms with Gasteiger partial charge in [0.25, 0.3) is 0 Å². The Labute approximate surface area is 149 Å². The summed E-state index contributed by atoms with van der Waals surface area (Å²) in [4.78, 5) is 12.0. The van der Waals surface area contributed by atoms with E-state index in [9.17, 15) is 13.2 Å². The highest BCUT2D eigenvalue weighted by Crippen LogP contribution is 2.27. The Morgan fingerprint density at radius 1 is 1.40 bits per heavy atom. The minimum absolute atomic E-state index is 0.0446. The number of carbonyl (C=O) groups excluding carboxylic acids is 1. The quantitative estimate of drug-likeness (QED) is 0.713. The van der Waals surface area contributed by atoms with Crippen molar-refractivity contribution in [2.45, 2.75) is 32.9 Å². The predicted octanol–water partition coefficient (Wildman–Crippen LogP) is 0.957. The van der Waals surface area contributed by atoms with Gasteiger partial charge in [-0.1, -0.05) is 12.1 Å². The summed E-state index contributed by atoms with van der Waals surface area (Å²) in [6.07, 6.45) is 0.638. The van der Waals surface area contributed by atoms with Gasteiger partial charge in [0.2, 0.25) is 15.9 Å². The Kier molecular flexibility index (Phi) is 6.80. The maximum Gasteiger partial charge on any atom is 0.239 e. The molecule has 0 fully saturated rings. The maximum atomic E-state index is 12.1. The molecule has 1 heterocycles. The summed E-state index contributed by atoms with van der Waals surface area (Å²) in [6, 6.07) is 5.71. The molecule has 0 saturated carbocycles. The number of carbonyl (C=O) groups is 1. The molecule has 1 aromatic carbocycles. The Bertz CT molecular complexity index is 706. The van der Waals surface area contributed by atoms with Crippen LogP contribution in [0.3, 0.4) is 0 Å². The Morgan fingerprint density at radius 2 is 2.16 bits per heavy atom. The lowest BCUT2D eigenvalue weighted by Gasteiger charge is -2.29. The molecule has 8 heteroatoms. The molecular formula is C17H27N3O4S. The van der Waals surface area contributed by atoms with Gasteiger partial charge >= 0.3 is 0 Å². The molecule has 2 N–H and O–H groups in total. The molecule has 0 aliphatic carbocycles. The third kappa shape index (κ3) is 5.17. The number of fused-ring (bicyclic) bond motifs is 1. The topological polar surface area (TPSA) is 87.7 Å². The van der Waals surface area contributed by atoms with Crippen LogP contribution in [0.4, 0.5) is 5.69 Å². The van der Waals surface area contributed by atoms with Crippen LogP contribution in [-0.2, 0) is 32.5 Å². The van der Waals surface area contributed by atoms with Crippen molar-refractivity contribution in [1.29, 1.82) is 0 Å². The largest absolute Gasteiger partial charge is 0.383 e. The van der Waals surface area contributed by atoms with Gasteiger partial charge in [-0.15, -0.1) is 0 Å². The van der Waals surface area contributed by atoms with E-state index in [-0.39, 0.29) is 24.2 Å². The third-order valence-electron chi connectivity index (χ3n) is 4.25. The van der Waals surface area contributed by atoms with Gasteiger partial charge in [-0.05, 0) is 37.5 Å². The number of amides is 1. The standard InChI is InChI=1S/C17H27N3O4S/c1-4-25(22,23)20-9-8-15-14(11-20)6-5-7-16(15)18-10-17(21)19-13(2)12-24-3/h5-7,13,18H,4,8-12H2,1-3H3,(H,19,21). The first-order valence-electron chi connectivity index (χ1n) is 8.48. The molecule has 1 aromatic rings. The molecule has 1 atom stereocenters. The van der Waals surface area contributed by atoms with E-state index in [4.69, 9.17) is 4.74 Å². The lowest BCUT2D eigenvalue weighted by molar-refractivity contribution is -0.120. The first kappa shape index (κ1) is 19.7. The molecule has 140 valence electrons. The zero-order valence-corrected chi connectivity index (χ0v) is 15.9. The van der Waals surface area contributed by atoms with E-state index in [0.717, 1.165) is 16.8 Å². The Hall–Kier alpha value is -1.64. The second kappa shape index (κ2) is 8.64. The van der Waals surface area contributed by atoms with Gasteiger partial charge in [0.05, 0.1) is 18.9 Å². The van der Waals surface area contributed by atoms with Gasteiger partial charge in [0.15, 0.2) is 0 Å². The number of anilines is 1. The highest BCUT2D eigenvalue weighted by Gasteiger charge is 2.26. The van der Waals surface area contributed by atoms with Crippen molar-refractivity contribution in [3.63, 3.8) is 0 Å². The third-order valence-corrected chi connectivity index (χ3v) is 6.08. The van der Waals surface area contributed by atoms with Crippen LogP contribution < -0.4 is 10.6 Å². The normalized spacial score (nSPS) is 16.1. The summed E-state index contributed by atoms with van der Waals surface area (Å²) in [5.41, 5.74) is 2.96. The first-order valence-corrected chi connectivity index (χ1v) is 10.1. The molecule has 0 bridgehead atoms. The number of methoxy groups -OCH3 is 1. The van der Waals surface area contributed by atoms with Crippen LogP contribution in [0.5, 0.6) is 0 Å². The average molecular weight is 369 g/mol. The van der Waals surface area contributed by atoms with Crippen LogP contribution >= 0.6 is 0 Å². The number of hydrogen-bond donors (Lipinski definition) is 2. The van der Waals surface area contributed by atoms with Gasteiger partial charge in [-0.25, -0.2) is 8.42 Å². The summed E-state index contributed by atoms with van der Waals surface area (Å²) in [5.74, 6) is 0.00765. The van der Waals surface area contributed by atoms with Gasteiger partial charge in [0.1, 0.15) is 0 Å². The van der Waals surface area contributed by atoms with Crippen LogP contribution in [-0.4, -0.2) is 57.2 Å². The fourth-order valence-electron chi connectivity index (χ4n) is 2.96. The molecule has 0 radical (unpaired) electrons. The van der Waals surface area contributed by atoms with Crippen molar-refractivity contribution in [2.75, 3.05) is 37.9 Å². The zero-order valence-electron chi connectivity index (χ0n) is 15.0. The average Bonchev–Trinajstić information content (AvgIpc) is 2.59. The number of rotatable bonds is 8. The van der Waals surface area contributed by atoms with Crippen molar-refractivity contribution >= 4 is 21.6 Å². The molecule has 0 saturated heterocycles. The minimum atomic E-state index is -3.18. The van der Waals surface area contributed by atoms with E-state index in [1.54, 1.807) is 14.0 Å². The van der Waals surface area contributed by atoms with E-state index in [1.807, 2.05) is 25.1 Å². The summed E-state index contributed by atoms with van der Waals surface area (Å²) >= 11 is 0. The molecule has 1 aliphatic heterocycles. The van der Waals surface area contributed by atoms with Crippen molar-refractivity contribution in [1.82, 2.24) is 9.62 Å². The molecular weight excluding hydrogens is 342 g/mol. The lowest BCUT2D eigenvalue weighted by atomic mass is 9.99. The number of sulfonamides is 1. The number of benzene rings is 1. The van der Waals surface area contributed by atoms with Crippen LogP contribution in [0.25, 0.3) is 0 Å². The number of nitrogens with one attached hydrogen (secondary N) is 2. The first-order chi connectivity index (χ1) is 11.9. The SMILES string of the molecule is CCS(=O)(=O)N1CCc2c(cccc2NCC(=O)NC(C)COC)C1. The summed E-state index contributed by atoms with van der Waals surface area (Å²) in [5, 5.41) is 6.02. The number of nitrogens with zero attached hydrogens (tertiary/aromatic N) is 1. The zero-order chi connectivity index (χ0) is 18.4. The maximum absolute atomic E-state index is 12.1. The van der Waals surface area contributed by atoms with Crippen molar-refractivity contribution in [3.8, 4) is 0 Å². The molecule has 25 heavy (non-hydrogen) atoms. The number of hydrogen-bond acceptors (Lipinski definition) is 5. The minimum Gasteiger partial charge on any atom is -0.383 e. The summed E-state index contributed by atoms with van der Waals surface area (Å²) < 4.78 is 30.7. The monoisotopic (exact) mass is 369 g/mol. The van der Waals surface area contributed by atoms with Crippen molar-refractivity contribution in [2.24, 2.45) is 0 Å². The molecule has 0 aromatic heterocycles. The van der Waals surface area contributed by atoms with E-state index in [1.165, 1.54) is 4.31 Å². The molecule has 0 spiro atoms. The molecule has 1 aliphatic rings. The van der Waals surface area contributed by atoms with E-state index in [2.05, 4.69) is 10.6 Å². The van der Waals surface area contributed by atoms with E-state index < -0.39 is 10.0 Å². The second-order valence-corrected chi connectivity index (χ2v) is 8.46. The smallest absolute Gasteiger partial charge is 0.239 e. The second-order valence-electron chi connectivity index (χ2n) is 6.20. The van der Waals surface area contributed by atoms with E-state index >= 15 is 0 Å². The highest BCUT2D eigenvalue weighted by atomic mass is 32.2. The van der Waals surface area contributed by atoms with Crippen LogP contribution in [0.2, 0.25) is 0 Å². The Morgan fingerprint density at radius 3 is 2.84 bits per heavy atom. The van der Waals surface area contributed by atoms with E-state index in [0.29, 0.717) is 26.1 Å². The van der Waals surface area contributed by atoms with Gasteiger partial charge in [-0.2, -0.15) is 4.31 Å². The van der Waals surface area contributed by atoms with Crippen molar-refractivity contribution < 1.29 is 17.9 Å². The molecule has 7 nitrogen and oxygen atoms in total. The summed E-state index contributed by atoms with van der Waals surface area (Å²) in [7, 11) is -1.59. The molecule has 2 rings (SSSR count). The lowest BCUT2D eigenvalue weighted by Crippen LogP contribution is -2.39. The van der Waals surface area contributed by atoms with Crippen LogP contribution in [0.1, 0.15) is 25.0 Å². The Balaban J connectivity index is 2.01. The van der Waals surface area contributed by atoms with Gasteiger partial charge in [0, 0.05) is 31.9 Å². The fraction of sp³-hybridized carbons (Fsp3) is 0.588. The molecule has 1 unspecified atom stereocenters. The van der Waals surface area contributed by atoms with Crippen LogP contribution in [0.15, 0.2) is 18.2 Å². The van der Waals surface area contributed by atoms with Crippen LogP contribution in [0, 0.1) is 0 Å².